The van der Waals surface area contributed by atoms with Crippen LogP contribution in [-0.4, -0.2) is 41.2 Å². The van der Waals surface area contributed by atoms with E-state index in [9.17, 15) is 9.90 Å². The van der Waals surface area contributed by atoms with Gasteiger partial charge in [0.05, 0.1) is 18.9 Å². The Morgan fingerprint density at radius 2 is 2.00 bits per heavy atom. The van der Waals surface area contributed by atoms with Crippen LogP contribution in [0.25, 0.3) is 0 Å². The van der Waals surface area contributed by atoms with E-state index in [1.54, 1.807) is 35.6 Å². The zero-order valence-electron chi connectivity index (χ0n) is 17.5. The number of aromatic nitrogens is 1. The van der Waals surface area contributed by atoms with Gasteiger partial charge in [-0.15, -0.1) is 11.3 Å². The molecule has 0 saturated carbocycles. The molecule has 0 aliphatic rings. The molecule has 0 aliphatic carbocycles. The van der Waals surface area contributed by atoms with Gasteiger partial charge in [-0.2, -0.15) is 0 Å². The number of aliphatic hydroxyl groups excluding tert-OH is 1. The van der Waals surface area contributed by atoms with Gasteiger partial charge >= 0.3 is 0 Å². The minimum atomic E-state index is -0.0989. The molecule has 164 valence electrons. The van der Waals surface area contributed by atoms with E-state index < -0.39 is 0 Å². The molecule has 2 aromatic carbocycles. The maximum atomic E-state index is 13.1. The van der Waals surface area contributed by atoms with Gasteiger partial charge in [0.25, 0.3) is 5.91 Å². The quantitative estimate of drug-likeness (QED) is 0.483. The molecule has 1 N–H and O–H groups in total. The number of halogens is 1. The van der Waals surface area contributed by atoms with Crippen LogP contribution in [0.5, 0.6) is 5.75 Å². The third-order valence-corrected chi connectivity index (χ3v) is 5.75. The summed E-state index contributed by atoms with van der Waals surface area (Å²) in [5.74, 6) is 0.541. The normalized spacial score (nSPS) is 10.8. The first-order chi connectivity index (χ1) is 15.0. The summed E-state index contributed by atoms with van der Waals surface area (Å²) in [4.78, 5) is 19.2. The number of methoxy groups -OCH3 is 1. The van der Waals surface area contributed by atoms with E-state index in [0.717, 1.165) is 16.1 Å². The molecule has 0 atom stereocenters. The molecule has 8 heteroatoms. The Balaban J connectivity index is 1.79. The molecule has 0 spiro atoms. The molecular formula is C23H25ClN2O4S. The van der Waals surface area contributed by atoms with Gasteiger partial charge in [-0.3, -0.25) is 4.79 Å². The molecule has 1 heterocycles. The number of thiazole rings is 1. The molecule has 3 rings (SSSR count). The van der Waals surface area contributed by atoms with Crippen molar-refractivity contribution in [3.8, 4) is 5.75 Å². The molecule has 1 amide bonds. The molecular weight excluding hydrogens is 436 g/mol. The fraction of sp³-hybridized carbons (Fsp3) is 0.304. The van der Waals surface area contributed by atoms with Crippen molar-refractivity contribution in [1.82, 2.24) is 9.88 Å². The number of carbonyl (C=O) groups excluding carboxylic acids is 1. The lowest BCUT2D eigenvalue weighted by Crippen LogP contribution is -2.33. The van der Waals surface area contributed by atoms with Crippen molar-refractivity contribution >= 4 is 28.8 Å². The van der Waals surface area contributed by atoms with E-state index >= 15 is 0 Å². The number of aliphatic hydroxyl groups is 1. The molecule has 6 nitrogen and oxygen atoms in total. The Kier molecular flexibility index (Phi) is 8.43. The molecule has 0 saturated heterocycles. The van der Waals surface area contributed by atoms with Gasteiger partial charge in [0.15, 0.2) is 0 Å². The zero-order chi connectivity index (χ0) is 22.2. The molecule has 31 heavy (non-hydrogen) atoms. The fourth-order valence-electron chi connectivity index (χ4n) is 2.98. The Morgan fingerprint density at radius 3 is 2.68 bits per heavy atom. The van der Waals surface area contributed by atoms with Gasteiger partial charge in [0.2, 0.25) is 0 Å². The summed E-state index contributed by atoms with van der Waals surface area (Å²) in [6.45, 7) is 3.32. The first-order valence-electron chi connectivity index (χ1n) is 9.80. The molecule has 0 radical (unpaired) electrons. The third kappa shape index (κ3) is 6.51. The first-order valence-corrected chi connectivity index (χ1v) is 11.1. The van der Waals surface area contributed by atoms with E-state index in [2.05, 4.69) is 4.98 Å². The minimum absolute atomic E-state index is 0.0875. The predicted molar refractivity (Wildman–Crippen MR) is 122 cm³/mol. The highest BCUT2D eigenvalue weighted by Crippen LogP contribution is 2.26. The van der Waals surface area contributed by atoms with Gasteiger partial charge in [0.1, 0.15) is 17.4 Å². The van der Waals surface area contributed by atoms with Crippen LogP contribution in [0.3, 0.4) is 0 Å². The number of rotatable bonds is 10. The smallest absolute Gasteiger partial charge is 0.254 e. The maximum Gasteiger partial charge on any atom is 0.254 e. The van der Waals surface area contributed by atoms with E-state index in [1.807, 2.05) is 31.2 Å². The number of nitrogens with zero attached hydrogens (tertiary/aromatic N) is 2. The van der Waals surface area contributed by atoms with Crippen molar-refractivity contribution in [1.29, 1.82) is 0 Å². The van der Waals surface area contributed by atoms with Crippen molar-refractivity contribution in [2.24, 2.45) is 0 Å². The topological polar surface area (TPSA) is 71.9 Å². The third-order valence-electron chi connectivity index (χ3n) is 4.65. The summed E-state index contributed by atoms with van der Waals surface area (Å²) in [5, 5.41) is 12.3. The van der Waals surface area contributed by atoms with Gasteiger partial charge in [-0.1, -0.05) is 29.3 Å². The van der Waals surface area contributed by atoms with Crippen molar-refractivity contribution < 1.29 is 19.4 Å². The Morgan fingerprint density at radius 1 is 1.23 bits per heavy atom. The fourth-order valence-corrected chi connectivity index (χ4v) is 3.87. The monoisotopic (exact) mass is 460 g/mol. The largest absolute Gasteiger partial charge is 0.486 e. The number of carbonyl (C=O) groups is 1. The SMILES string of the molecule is COCCN(Cc1cc(Cl)ccc1OCc1nc(CO)cs1)C(=O)c1ccc(C)cc1. The highest BCUT2D eigenvalue weighted by Gasteiger charge is 2.18. The summed E-state index contributed by atoms with van der Waals surface area (Å²) in [7, 11) is 1.61. The van der Waals surface area contributed by atoms with Crippen LogP contribution in [0.15, 0.2) is 47.8 Å². The Labute approximate surface area is 191 Å². The number of ether oxygens (including phenoxy) is 2. The zero-order valence-corrected chi connectivity index (χ0v) is 19.1. The number of amides is 1. The van der Waals surface area contributed by atoms with Crippen molar-refractivity contribution in [3.63, 3.8) is 0 Å². The molecule has 0 fully saturated rings. The molecule has 1 aromatic heterocycles. The Hall–Kier alpha value is -2.45. The lowest BCUT2D eigenvalue weighted by molar-refractivity contribution is 0.0678. The average Bonchev–Trinajstić information content (AvgIpc) is 3.24. The van der Waals surface area contributed by atoms with E-state index in [-0.39, 0.29) is 19.1 Å². The first kappa shape index (κ1) is 23.2. The summed E-state index contributed by atoms with van der Waals surface area (Å²) in [6, 6.07) is 12.8. The summed E-state index contributed by atoms with van der Waals surface area (Å²) in [5.41, 5.74) is 3.12. The lowest BCUT2D eigenvalue weighted by Gasteiger charge is -2.24. The van der Waals surface area contributed by atoms with Gasteiger partial charge in [-0.05, 0) is 37.3 Å². The van der Waals surface area contributed by atoms with Crippen LogP contribution in [-0.2, 0) is 24.5 Å². The van der Waals surface area contributed by atoms with Crippen molar-refractivity contribution in [2.75, 3.05) is 20.3 Å². The highest BCUT2D eigenvalue weighted by molar-refractivity contribution is 7.09. The van der Waals surface area contributed by atoms with Crippen LogP contribution in [0.2, 0.25) is 5.02 Å². The van der Waals surface area contributed by atoms with Crippen molar-refractivity contribution in [2.45, 2.75) is 26.7 Å². The van der Waals surface area contributed by atoms with E-state index in [1.165, 1.54) is 11.3 Å². The van der Waals surface area contributed by atoms with Crippen molar-refractivity contribution in [3.05, 3.63) is 80.3 Å². The van der Waals surface area contributed by atoms with Crippen LogP contribution in [0.1, 0.15) is 32.2 Å². The predicted octanol–water partition coefficient (Wildman–Crippen LogP) is 4.47. The van der Waals surface area contributed by atoms with Crippen LogP contribution < -0.4 is 4.74 Å². The minimum Gasteiger partial charge on any atom is -0.486 e. The van der Waals surface area contributed by atoms with Gasteiger partial charge in [0, 0.05) is 41.7 Å². The maximum absolute atomic E-state index is 13.1. The summed E-state index contributed by atoms with van der Waals surface area (Å²) >= 11 is 7.66. The van der Waals surface area contributed by atoms with Crippen LogP contribution in [0.4, 0.5) is 0 Å². The summed E-state index contributed by atoms with van der Waals surface area (Å²) < 4.78 is 11.2. The van der Waals surface area contributed by atoms with Gasteiger partial charge < -0.3 is 19.5 Å². The number of hydrogen-bond acceptors (Lipinski definition) is 6. The molecule has 0 aliphatic heterocycles. The number of aryl methyl sites for hydroxylation is 1. The van der Waals surface area contributed by atoms with E-state index in [0.29, 0.717) is 41.7 Å². The summed E-state index contributed by atoms with van der Waals surface area (Å²) in [6.07, 6.45) is 0. The van der Waals surface area contributed by atoms with Gasteiger partial charge in [-0.25, -0.2) is 4.98 Å². The molecule has 3 aromatic rings. The number of hydrogen-bond donors (Lipinski definition) is 1. The molecule has 0 bridgehead atoms. The van der Waals surface area contributed by atoms with Crippen LogP contribution >= 0.6 is 22.9 Å². The Bertz CT molecular complexity index is 1010. The molecule has 0 unspecified atom stereocenters. The second kappa shape index (κ2) is 11.2. The second-order valence-corrected chi connectivity index (χ2v) is 8.40. The highest BCUT2D eigenvalue weighted by atomic mass is 35.5. The number of benzene rings is 2. The lowest BCUT2D eigenvalue weighted by atomic mass is 10.1. The second-order valence-electron chi connectivity index (χ2n) is 7.02. The standard InChI is InChI=1S/C23H25ClN2O4S/c1-16-3-5-17(6-4-16)23(28)26(9-10-29-2)12-18-11-19(24)7-8-21(18)30-14-22-25-20(13-27)15-31-22/h3-8,11,15,27H,9-10,12-14H2,1-2H3. The van der Waals surface area contributed by atoms with E-state index in [4.69, 9.17) is 21.1 Å². The van der Waals surface area contributed by atoms with Crippen LogP contribution in [0, 0.1) is 6.92 Å². The average molecular weight is 461 g/mol.